The molecule has 0 radical (unpaired) electrons. The largest absolute Gasteiger partial charge is 0.311 e. The van der Waals surface area contributed by atoms with E-state index in [0.29, 0.717) is 0 Å². The van der Waals surface area contributed by atoms with Crippen molar-refractivity contribution in [1.82, 2.24) is 5.32 Å². The van der Waals surface area contributed by atoms with E-state index in [1.165, 1.54) is 38.5 Å². The van der Waals surface area contributed by atoms with Crippen LogP contribution in [0.2, 0.25) is 0 Å². The summed E-state index contributed by atoms with van der Waals surface area (Å²) in [5, 5.41) is 3.95. The minimum atomic E-state index is 0.735. The van der Waals surface area contributed by atoms with Gasteiger partial charge in [-0.15, -0.1) is 0 Å². The predicted molar refractivity (Wildman–Crippen MR) is 75.1 cm³/mol. The zero-order chi connectivity index (χ0) is 12.4. The van der Waals surface area contributed by atoms with Gasteiger partial charge in [-0.3, -0.25) is 0 Å². The summed E-state index contributed by atoms with van der Waals surface area (Å²) in [6.45, 7) is 9.63. The van der Waals surface area contributed by atoms with Gasteiger partial charge in [0.05, 0.1) is 0 Å². The molecule has 100 valence electrons. The predicted octanol–water partition coefficient (Wildman–Crippen LogP) is 4.23. The van der Waals surface area contributed by atoms with Crippen molar-refractivity contribution in [3.63, 3.8) is 0 Å². The van der Waals surface area contributed by atoms with Gasteiger partial charge in [0.2, 0.25) is 0 Å². The summed E-state index contributed by atoms with van der Waals surface area (Å²) >= 11 is 0. The molecule has 0 saturated heterocycles. The lowest BCUT2D eigenvalue weighted by Gasteiger charge is -2.39. The Balaban J connectivity index is 1.84. The molecule has 0 aromatic heterocycles. The van der Waals surface area contributed by atoms with Crippen molar-refractivity contribution in [2.45, 2.75) is 78.3 Å². The van der Waals surface area contributed by atoms with Gasteiger partial charge in [-0.05, 0) is 49.9 Å². The molecular weight excluding hydrogens is 206 g/mol. The highest BCUT2D eigenvalue weighted by Crippen LogP contribution is 2.36. The molecule has 1 nitrogen and oxygen atoms in total. The molecule has 2 aliphatic rings. The Bertz CT molecular complexity index is 232. The number of hydrogen-bond donors (Lipinski definition) is 1. The Kier molecular flexibility index (Phi) is 4.52. The second-order valence-corrected chi connectivity index (χ2v) is 7.18. The lowest BCUT2D eigenvalue weighted by atomic mass is 9.74. The van der Waals surface area contributed by atoms with Crippen LogP contribution in [0.5, 0.6) is 0 Å². The summed E-state index contributed by atoms with van der Waals surface area (Å²) in [5.74, 6) is 3.73. The minimum absolute atomic E-state index is 0.735. The van der Waals surface area contributed by atoms with E-state index < -0.39 is 0 Å². The normalized spacial score (nSPS) is 36.2. The van der Waals surface area contributed by atoms with Gasteiger partial charge >= 0.3 is 0 Å². The third kappa shape index (κ3) is 3.98. The third-order valence-corrected chi connectivity index (χ3v) is 4.90. The molecular formula is C16H31N. The lowest BCUT2D eigenvalue weighted by Crippen LogP contribution is -2.46. The lowest BCUT2D eigenvalue weighted by molar-refractivity contribution is 0.158. The average molecular weight is 237 g/mol. The van der Waals surface area contributed by atoms with E-state index >= 15 is 0 Å². The standard InChI is InChI=1S/C16H31N/c1-11(2)15-8-5-12(3)9-16(15)17-13(4)10-14-6-7-14/h11-17H,5-10H2,1-4H3. The molecule has 0 amide bonds. The highest BCUT2D eigenvalue weighted by Gasteiger charge is 2.32. The van der Waals surface area contributed by atoms with Crippen LogP contribution in [0.4, 0.5) is 0 Å². The minimum Gasteiger partial charge on any atom is -0.311 e. The zero-order valence-corrected chi connectivity index (χ0v) is 12.2. The molecule has 0 spiro atoms. The molecule has 4 unspecified atom stereocenters. The summed E-state index contributed by atoms with van der Waals surface area (Å²) < 4.78 is 0. The first kappa shape index (κ1) is 13.4. The molecule has 0 aromatic carbocycles. The Hall–Kier alpha value is -0.0400. The molecule has 0 heterocycles. The second-order valence-electron chi connectivity index (χ2n) is 7.18. The van der Waals surface area contributed by atoms with Crippen LogP contribution in [0.25, 0.3) is 0 Å². The summed E-state index contributed by atoms with van der Waals surface area (Å²) in [4.78, 5) is 0. The van der Waals surface area contributed by atoms with E-state index in [-0.39, 0.29) is 0 Å². The Morgan fingerprint density at radius 2 is 1.76 bits per heavy atom. The van der Waals surface area contributed by atoms with Crippen molar-refractivity contribution in [2.24, 2.45) is 23.7 Å². The molecule has 0 aromatic rings. The van der Waals surface area contributed by atoms with Crippen LogP contribution < -0.4 is 5.32 Å². The van der Waals surface area contributed by atoms with E-state index in [1.54, 1.807) is 0 Å². The van der Waals surface area contributed by atoms with Crippen molar-refractivity contribution in [2.75, 3.05) is 0 Å². The number of hydrogen-bond acceptors (Lipinski definition) is 1. The fourth-order valence-corrected chi connectivity index (χ4v) is 3.68. The molecule has 1 heteroatoms. The topological polar surface area (TPSA) is 12.0 Å². The summed E-state index contributed by atoms with van der Waals surface area (Å²) in [6.07, 6.45) is 8.67. The fourth-order valence-electron chi connectivity index (χ4n) is 3.68. The molecule has 2 saturated carbocycles. The van der Waals surface area contributed by atoms with Crippen molar-refractivity contribution in [1.29, 1.82) is 0 Å². The number of rotatable bonds is 5. The summed E-state index contributed by atoms with van der Waals surface area (Å²) in [5.41, 5.74) is 0. The summed E-state index contributed by atoms with van der Waals surface area (Å²) in [7, 11) is 0. The van der Waals surface area contributed by atoms with Crippen molar-refractivity contribution >= 4 is 0 Å². The van der Waals surface area contributed by atoms with Crippen LogP contribution in [0.15, 0.2) is 0 Å². The van der Waals surface area contributed by atoms with Gasteiger partial charge in [0.15, 0.2) is 0 Å². The summed E-state index contributed by atoms with van der Waals surface area (Å²) in [6, 6.07) is 1.52. The molecule has 1 N–H and O–H groups in total. The van der Waals surface area contributed by atoms with Crippen molar-refractivity contribution in [3.05, 3.63) is 0 Å². The van der Waals surface area contributed by atoms with E-state index in [0.717, 1.165) is 35.8 Å². The van der Waals surface area contributed by atoms with Gasteiger partial charge in [-0.1, -0.05) is 40.0 Å². The first-order chi connectivity index (χ1) is 8.06. The van der Waals surface area contributed by atoms with Gasteiger partial charge in [-0.2, -0.15) is 0 Å². The number of nitrogens with one attached hydrogen (secondary N) is 1. The molecule has 17 heavy (non-hydrogen) atoms. The van der Waals surface area contributed by atoms with Crippen LogP contribution in [0.3, 0.4) is 0 Å². The zero-order valence-electron chi connectivity index (χ0n) is 12.2. The first-order valence-corrected chi connectivity index (χ1v) is 7.82. The average Bonchev–Trinajstić information content (AvgIpc) is 3.00. The van der Waals surface area contributed by atoms with E-state index in [4.69, 9.17) is 0 Å². The van der Waals surface area contributed by atoms with E-state index in [9.17, 15) is 0 Å². The molecule has 2 rings (SSSR count). The van der Waals surface area contributed by atoms with Gasteiger partial charge in [0.25, 0.3) is 0 Å². The molecule has 0 aliphatic heterocycles. The first-order valence-electron chi connectivity index (χ1n) is 7.82. The highest BCUT2D eigenvalue weighted by atomic mass is 15.0. The SMILES string of the molecule is CC1CCC(C(C)C)C(NC(C)CC2CC2)C1. The quantitative estimate of drug-likeness (QED) is 0.754. The monoisotopic (exact) mass is 237 g/mol. The van der Waals surface area contributed by atoms with Crippen LogP contribution in [0, 0.1) is 23.7 Å². The van der Waals surface area contributed by atoms with E-state index in [2.05, 4.69) is 33.0 Å². The van der Waals surface area contributed by atoms with E-state index in [1.807, 2.05) is 0 Å². The highest BCUT2D eigenvalue weighted by molar-refractivity contribution is 4.88. The Morgan fingerprint density at radius 3 is 2.35 bits per heavy atom. The van der Waals surface area contributed by atoms with Gasteiger partial charge in [0, 0.05) is 12.1 Å². The molecule has 2 fully saturated rings. The van der Waals surface area contributed by atoms with Crippen LogP contribution in [-0.4, -0.2) is 12.1 Å². The maximum atomic E-state index is 3.95. The van der Waals surface area contributed by atoms with Gasteiger partial charge in [0.1, 0.15) is 0 Å². The van der Waals surface area contributed by atoms with Crippen LogP contribution in [0.1, 0.15) is 66.2 Å². The maximum absolute atomic E-state index is 3.95. The third-order valence-electron chi connectivity index (χ3n) is 4.90. The van der Waals surface area contributed by atoms with Crippen molar-refractivity contribution < 1.29 is 0 Å². The molecule has 0 bridgehead atoms. The van der Waals surface area contributed by atoms with Gasteiger partial charge < -0.3 is 5.32 Å². The Morgan fingerprint density at radius 1 is 1.06 bits per heavy atom. The van der Waals surface area contributed by atoms with Gasteiger partial charge in [-0.25, -0.2) is 0 Å². The second kappa shape index (κ2) is 5.73. The molecule has 2 aliphatic carbocycles. The molecule has 4 atom stereocenters. The van der Waals surface area contributed by atoms with Crippen LogP contribution in [-0.2, 0) is 0 Å². The van der Waals surface area contributed by atoms with Crippen LogP contribution >= 0.6 is 0 Å². The smallest absolute Gasteiger partial charge is 0.0103 e. The fraction of sp³-hybridized carbons (Fsp3) is 1.00. The maximum Gasteiger partial charge on any atom is 0.0103 e. The van der Waals surface area contributed by atoms with Crippen molar-refractivity contribution in [3.8, 4) is 0 Å². The Labute approximate surface area is 108 Å².